The van der Waals surface area contributed by atoms with Crippen LogP contribution < -0.4 is 0 Å². The van der Waals surface area contributed by atoms with E-state index in [0.29, 0.717) is 15.9 Å². The molecule has 0 aliphatic rings. The lowest BCUT2D eigenvalue weighted by Gasteiger charge is -2.04. The number of thioether (sulfide) groups is 1. The van der Waals surface area contributed by atoms with Gasteiger partial charge in [-0.05, 0) is 35.9 Å². The van der Waals surface area contributed by atoms with Crippen LogP contribution in [0.2, 0.25) is 10.0 Å². The highest BCUT2D eigenvalue weighted by atomic mass is 35.5. The summed E-state index contributed by atoms with van der Waals surface area (Å²) >= 11 is 13.5. The molecule has 3 aromatic rings. The summed E-state index contributed by atoms with van der Waals surface area (Å²) in [5, 5.41) is 14.4. The van der Waals surface area contributed by atoms with Crippen molar-refractivity contribution in [1.29, 1.82) is 0 Å². The maximum absolute atomic E-state index is 5.99. The third-order valence-corrected chi connectivity index (χ3v) is 4.47. The smallest absolute Gasteiger partial charge is 0.175 e. The molecule has 0 aliphatic carbocycles. The molecule has 0 saturated heterocycles. The highest BCUT2D eigenvalue weighted by molar-refractivity contribution is 7.98. The van der Waals surface area contributed by atoms with Gasteiger partial charge in [0.1, 0.15) is 5.03 Å². The van der Waals surface area contributed by atoms with Crippen LogP contribution in [0.1, 0.15) is 5.56 Å². The summed E-state index contributed by atoms with van der Waals surface area (Å²) in [4.78, 5) is 0. The molecule has 1 aromatic carbocycles. The average molecular weight is 337 g/mol. The fourth-order valence-electron chi connectivity index (χ4n) is 1.70. The van der Waals surface area contributed by atoms with Crippen molar-refractivity contribution in [2.75, 3.05) is 0 Å². The molecule has 2 heterocycles. The summed E-state index contributed by atoms with van der Waals surface area (Å²) in [6.07, 6.45) is 3.53. The van der Waals surface area contributed by atoms with Crippen LogP contribution in [0, 0.1) is 0 Å². The van der Waals surface area contributed by atoms with Crippen molar-refractivity contribution in [2.45, 2.75) is 10.8 Å². The largest absolute Gasteiger partial charge is 0.221 e. The fraction of sp³-hybridized carbons (Fsp3) is 0.0714. The minimum atomic E-state index is 0.564. The maximum Gasteiger partial charge on any atom is 0.175 e. The molecule has 7 heteroatoms. The van der Waals surface area contributed by atoms with E-state index in [2.05, 4.69) is 15.3 Å². The lowest BCUT2D eigenvalue weighted by atomic mass is 10.2. The predicted octanol–water partition coefficient (Wildman–Crippen LogP) is 4.26. The van der Waals surface area contributed by atoms with E-state index >= 15 is 0 Å². The number of benzene rings is 1. The molecule has 4 nitrogen and oxygen atoms in total. The van der Waals surface area contributed by atoms with Gasteiger partial charge in [-0.25, -0.2) is 4.68 Å². The molecule has 0 saturated carbocycles. The van der Waals surface area contributed by atoms with E-state index < -0.39 is 0 Å². The van der Waals surface area contributed by atoms with Crippen molar-refractivity contribution < 1.29 is 0 Å². The van der Waals surface area contributed by atoms with E-state index in [4.69, 9.17) is 23.2 Å². The molecule has 0 fully saturated rings. The second kappa shape index (κ2) is 6.47. The standard InChI is InChI=1S/C14H10Cl2N4S/c15-11-3-2-10(8-12(11)16)9-21-14-5-4-13(18-19-14)20-7-1-6-17-20/h1-8H,9H2. The molecule has 2 aromatic heterocycles. The Morgan fingerprint density at radius 3 is 2.62 bits per heavy atom. The summed E-state index contributed by atoms with van der Waals surface area (Å²) in [7, 11) is 0. The summed E-state index contributed by atoms with van der Waals surface area (Å²) in [5.41, 5.74) is 1.09. The molecule has 0 bridgehead atoms. The van der Waals surface area contributed by atoms with Gasteiger partial charge in [0.15, 0.2) is 5.82 Å². The molecule has 0 aliphatic heterocycles. The Hall–Kier alpha value is -1.56. The molecule has 106 valence electrons. The van der Waals surface area contributed by atoms with E-state index in [1.54, 1.807) is 28.7 Å². The van der Waals surface area contributed by atoms with Crippen LogP contribution in [0.3, 0.4) is 0 Å². The van der Waals surface area contributed by atoms with Gasteiger partial charge in [-0.15, -0.1) is 10.2 Å². The summed E-state index contributed by atoms with van der Waals surface area (Å²) in [5.74, 6) is 1.45. The molecular formula is C14H10Cl2N4S. The van der Waals surface area contributed by atoms with Crippen LogP contribution in [0.4, 0.5) is 0 Å². The molecule has 0 amide bonds. The van der Waals surface area contributed by atoms with Crippen molar-refractivity contribution >= 4 is 35.0 Å². The molecule has 21 heavy (non-hydrogen) atoms. The normalized spacial score (nSPS) is 10.8. The Bertz CT molecular complexity index is 729. The molecule has 0 spiro atoms. The fourth-order valence-corrected chi connectivity index (χ4v) is 2.78. The zero-order chi connectivity index (χ0) is 14.7. The Kier molecular flexibility index (Phi) is 4.43. The van der Waals surface area contributed by atoms with Gasteiger partial charge in [0.05, 0.1) is 10.0 Å². The Morgan fingerprint density at radius 2 is 1.95 bits per heavy atom. The number of rotatable bonds is 4. The number of nitrogens with zero attached hydrogens (tertiary/aromatic N) is 4. The molecular weight excluding hydrogens is 327 g/mol. The van der Waals surface area contributed by atoms with Gasteiger partial charge in [0.2, 0.25) is 0 Å². The molecule has 0 atom stereocenters. The quantitative estimate of drug-likeness (QED) is 0.667. The second-order valence-corrected chi connectivity index (χ2v) is 6.03. The first kappa shape index (κ1) is 14.4. The van der Waals surface area contributed by atoms with Gasteiger partial charge in [-0.2, -0.15) is 5.10 Å². The van der Waals surface area contributed by atoms with E-state index in [1.807, 2.05) is 36.5 Å². The summed E-state index contributed by atoms with van der Waals surface area (Å²) < 4.78 is 1.67. The molecule has 0 N–H and O–H groups in total. The van der Waals surface area contributed by atoms with E-state index in [-0.39, 0.29) is 0 Å². The minimum absolute atomic E-state index is 0.564. The van der Waals surface area contributed by atoms with Gasteiger partial charge in [-0.1, -0.05) is 41.0 Å². The highest BCUT2D eigenvalue weighted by Gasteiger charge is 2.03. The Balaban J connectivity index is 1.66. The summed E-state index contributed by atoms with van der Waals surface area (Å²) in [6, 6.07) is 11.3. The molecule has 0 unspecified atom stereocenters. The third kappa shape index (κ3) is 3.56. The zero-order valence-corrected chi connectivity index (χ0v) is 13.1. The average Bonchev–Trinajstić information content (AvgIpc) is 3.03. The van der Waals surface area contributed by atoms with Gasteiger partial charge < -0.3 is 0 Å². The van der Waals surface area contributed by atoms with Crippen molar-refractivity contribution in [1.82, 2.24) is 20.0 Å². The number of aromatic nitrogens is 4. The van der Waals surface area contributed by atoms with E-state index in [1.165, 1.54) is 0 Å². The van der Waals surface area contributed by atoms with Crippen LogP contribution in [-0.4, -0.2) is 20.0 Å². The SMILES string of the molecule is Clc1ccc(CSc2ccc(-n3cccn3)nn2)cc1Cl. The zero-order valence-electron chi connectivity index (χ0n) is 10.8. The van der Waals surface area contributed by atoms with Gasteiger partial charge in [-0.3, -0.25) is 0 Å². The van der Waals surface area contributed by atoms with Crippen LogP contribution in [0.5, 0.6) is 0 Å². The van der Waals surface area contributed by atoms with Crippen molar-refractivity contribution in [3.63, 3.8) is 0 Å². The lowest BCUT2D eigenvalue weighted by Crippen LogP contribution is -1.99. The van der Waals surface area contributed by atoms with Gasteiger partial charge in [0, 0.05) is 18.1 Å². The van der Waals surface area contributed by atoms with Crippen molar-refractivity contribution in [3.8, 4) is 5.82 Å². The number of halogens is 2. The third-order valence-electron chi connectivity index (χ3n) is 2.74. The number of hydrogen-bond donors (Lipinski definition) is 0. The molecule has 3 rings (SSSR count). The first-order valence-electron chi connectivity index (χ1n) is 6.13. The highest BCUT2D eigenvalue weighted by Crippen LogP contribution is 2.26. The first-order valence-corrected chi connectivity index (χ1v) is 7.87. The maximum atomic E-state index is 5.99. The predicted molar refractivity (Wildman–Crippen MR) is 85.2 cm³/mol. The van der Waals surface area contributed by atoms with Crippen LogP contribution in [-0.2, 0) is 5.75 Å². The van der Waals surface area contributed by atoms with Gasteiger partial charge >= 0.3 is 0 Å². The van der Waals surface area contributed by atoms with Gasteiger partial charge in [0.25, 0.3) is 0 Å². The lowest BCUT2D eigenvalue weighted by molar-refractivity contribution is 0.792. The van der Waals surface area contributed by atoms with Crippen molar-refractivity contribution in [2.24, 2.45) is 0 Å². The van der Waals surface area contributed by atoms with E-state index in [0.717, 1.165) is 16.3 Å². The van der Waals surface area contributed by atoms with E-state index in [9.17, 15) is 0 Å². The summed E-state index contributed by atoms with van der Waals surface area (Å²) in [6.45, 7) is 0. The first-order chi connectivity index (χ1) is 10.2. The van der Waals surface area contributed by atoms with Crippen LogP contribution in [0.25, 0.3) is 5.82 Å². The number of hydrogen-bond acceptors (Lipinski definition) is 4. The van der Waals surface area contributed by atoms with Crippen molar-refractivity contribution in [3.05, 3.63) is 64.4 Å². The monoisotopic (exact) mass is 336 g/mol. The topological polar surface area (TPSA) is 43.6 Å². The van der Waals surface area contributed by atoms with Crippen LogP contribution >= 0.6 is 35.0 Å². The Morgan fingerprint density at radius 1 is 1.05 bits per heavy atom. The Labute approximate surface area is 136 Å². The second-order valence-electron chi connectivity index (χ2n) is 4.22. The minimum Gasteiger partial charge on any atom is -0.221 e. The molecule has 0 radical (unpaired) electrons. The van der Waals surface area contributed by atoms with Crippen LogP contribution in [0.15, 0.2) is 53.8 Å².